The second-order valence-electron chi connectivity index (χ2n) is 4.72. The number of amides is 1. The Morgan fingerprint density at radius 2 is 1.95 bits per heavy atom. The van der Waals surface area contributed by atoms with Crippen LogP contribution in [-0.4, -0.2) is 5.91 Å². The predicted molar refractivity (Wildman–Crippen MR) is 82.8 cm³/mol. The Morgan fingerprint density at radius 3 is 2.52 bits per heavy atom. The number of nitrogens with one attached hydrogen (secondary N) is 1. The Labute approximate surface area is 127 Å². The number of benzene rings is 2. The molecule has 2 aromatic carbocycles. The van der Waals surface area contributed by atoms with E-state index in [1.165, 1.54) is 12.1 Å². The summed E-state index contributed by atoms with van der Waals surface area (Å²) in [4.78, 5) is 12.2. The first-order valence-corrected chi connectivity index (χ1v) is 7.00. The van der Waals surface area contributed by atoms with Crippen molar-refractivity contribution in [1.82, 2.24) is 5.32 Å². The molecule has 2 aromatic rings. The van der Waals surface area contributed by atoms with Crippen LogP contribution in [0.1, 0.15) is 35.3 Å². The van der Waals surface area contributed by atoms with Gasteiger partial charge in [0.2, 0.25) is 0 Å². The van der Waals surface area contributed by atoms with Crippen LogP contribution in [0.2, 0.25) is 5.02 Å². The van der Waals surface area contributed by atoms with E-state index < -0.39 is 5.82 Å². The van der Waals surface area contributed by atoms with Gasteiger partial charge < -0.3 is 11.1 Å². The van der Waals surface area contributed by atoms with Crippen molar-refractivity contribution in [2.24, 2.45) is 0 Å². The lowest BCUT2D eigenvalue weighted by Crippen LogP contribution is -2.28. The molecule has 5 heteroatoms. The van der Waals surface area contributed by atoms with Gasteiger partial charge in [0.1, 0.15) is 5.82 Å². The van der Waals surface area contributed by atoms with Crippen LogP contribution in [0.15, 0.2) is 42.5 Å². The van der Waals surface area contributed by atoms with Crippen LogP contribution >= 0.6 is 11.6 Å². The second-order valence-corrected chi connectivity index (χ2v) is 5.15. The normalized spacial score (nSPS) is 12.0. The SMILES string of the molecule is CCC(NC(=O)c1ccc(F)cc1N)c1ccc(Cl)cc1. The lowest BCUT2D eigenvalue weighted by Gasteiger charge is -2.18. The van der Waals surface area contributed by atoms with Gasteiger partial charge >= 0.3 is 0 Å². The van der Waals surface area contributed by atoms with Gasteiger partial charge in [0.05, 0.1) is 11.6 Å². The van der Waals surface area contributed by atoms with Gasteiger partial charge in [-0.1, -0.05) is 30.7 Å². The van der Waals surface area contributed by atoms with Gasteiger partial charge in [-0.2, -0.15) is 0 Å². The maximum atomic E-state index is 13.0. The van der Waals surface area contributed by atoms with Crippen molar-refractivity contribution in [1.29, 1.82) is 0 Å². The minimum absolute atomic E-state index is 0.124. The molecule has 0 heterocycles. The van der Waals surface area contributed by atoms with Crippen LogP contribution in [0.25, 0.3) is 0 Å². The van der Waals surface area contributed by atoms with Gasteiger partial charge in [-0.25, -0.2) is 4.39 Å². The van der Waals surface area contributed by atoms with Crippen molar-refractivity contribution >= 4 is 23.2 Å². The third kappa shape index (κ3) is 3.73. The molecule has 0 aromatic heterocycles. The van der Waals surface area contributed by atoms with Crippen molar-refractivity contribution in [2.75, 3.05) is 5.73 Å². The van der Waals surface area contributed by atoms with E-state index in [1.54, 1.807) is 12.1 Å². The molecule has 0 aliphatic carbocycles. The fraction of sp³-hybridized carbons (Fsp3) is 0.188. The molecule has 21 heavy (non-hydrogen) atoms. The summed E-state index contributed by atoms with van der Waals surface area (Å²) in [5, 5.41) is 3.54. The van der Waals surface area contributed by atoms with Gasteiger partial charge in [0.15, 0.2) is 0 Å². The van der Waals surface area contributed by atoms with Gasteiger partial charge in [-0.3, -0.25) is 4.79 Å². The van der Waals surface area contributed by atoms with Crippen LogP contribution in [0, 0.1) is 5.82 Å². The third-order valence-electron chi connectivity index (χ3n) is 3.24. The maximum absolute atomic E-state index is 13.0. The Kier molecular flexibility index (Phi) is 4.81. The highest BCUT2D eigenvalue weighted by Gasteiger charge is 2.16. The average Bonchev–Trinajstić information content (AvgIpc) is 2.45. The summed E-state index contributed by atoms with van der Waals surface area (Å²) >= 11 is 5.86. The zero-order valence-electron chi connectivity index (χ0n) is 11.6. The van der Waals surface area contributed by atoms with Crippen molar-refractivity contribution in [3.63, 3.8) is 0 Å². The van der Waals surface area contributed by atoms with Gasteiger partial charge in [0.25, 0.3) is 5.91 Å². The van der Waals surface area contributed by atoms with Crippen molar-refractivity contribution < 1.29 is 9.18 Å². The van der Waals surface area contributed by atoms with Crippen molar-refractivity contribution in [3.8, 4) is 0 Å². The molecule has 0 saturated heterocycles. The molecule has 110 valence electrons. The Hall–Kier alpha value is -2.07. The van der Waals surface area contributed by atoms with Gasteiger partial charge in [-0.05, 0) is 42.3 Å². The van der Waals surface area contributed by atoms with Gasteiger partial charge in [-0.15, -0.1) is 0 Å². The van der Waals surface area contributed by atoms with E-state index >= 15 is 0 Å². The molecule has 0 aliphatic rings. The second kappa shape index (κ2) is 6.59. The summed E-state index contributed by atoms with van der Waals surface area (Å²) in [6.07, 6.45) is 0.717. The molecule has 1 amide bonds. The van der Waals surface area contributed by atoms with Crippen LogP contribution in [0.3, 0.4) is 0 Å². The van der Waals surface area contributed by atoms with E-state index in [0.29, 0.717) is 11.4 Å². The molecule has 1 atom stereocenters. The lowest BCUT2D eigenvalue weighted by atomic mass is 10.0. The minimum atomic E-state index is -0.464. The molecule has 0 fully saturated rings. The van der Waals surface area contributed by atoms with Crippen LogP contribution in [0.5, 0.6) is 0 Å². The summed E-state index contributed by atoms with van der Waals surface area (Å²) in [6.45, 7) is 1.97. The predicted octanol–water partition coefficient (Wildman–Crippen LogP) is 3.94. The smallest absolute Gasteiger partial charge is 0.253 e. The number of nitrogens with two attached hydrogens (primary N) is 1. The molecule has 0 saturated carbocycles. The summed E-state index contributed by atoms with van der Waals surface area (Å²) in [7, 11) is 0. The number of hydrogen-bond acceptors (Lipinski definition) is 2. The highest BCUT2D eigenvalue weighted by molar-refractivity contribution is 6.30. The van der Waals surface area contributed by atoms with E-state index in [-0.39, 0.29) is 23.2 Å². The van der Waals surface area contributed by atoms with E-state index in [1.807, 2.05) is 19.1 Å². The first-order valence-electron chi connectivity index (χ1n) is 6.62. The molecule has 0 bridgehead atoms. The molecule has 0 radical (unpaired) electrons. The number of anilines is 1. The van der Waals surface area contributed by atoms with Crippen LogP contribution in [0.4, 0.5) is 10.1 Å². The number of hydrogen-bond donors (Lipinski definition) is 2. The molecule has 0 spiro atoms. The third-order valence-corrected chi connectivity index (χ3v) is 3.50. The summed E-state index contributed by atoms with van der Waals surface area (Å²) < 4.78 is 13.0. The summed E-state index contributed by atoms with van der Waals surface area (Å²) in [6, 6.07) is 10.9. The molecular formula is C16H16ClFN2O. The quantitative estimate of drug-likeness (QED) is 0.841. The number of rotatable bonds is 4. The average molecular weight is 307 g/mol. The molecule has 1 unspecified atom stereocenters. The monoisotopic (exact) mass is 306 g/mol. The molecular weight excluding hydrogens is 291 g/mol. The maximum Gasteiger partial charge on any atom is 0.253 e. The molecule has 3 N–H and O–H groups in total. The summed E-state index contributed by atoms with van der Waals surface area (Å²) in [5.74, 6) is -0.789. The minimum Gasteiger partial charge on any atom is -0.398 e. The van der Waals surface area contributed by atoms with Crippen molar-refractivity contribution in [3.05, 3.63) is 64.4 Å². The number of carbonyl (C=O) groups is 1. The zero-order valence-corrected chi connectivity index (χ0v) is 12.3. The molecule has 3 nitrogen and oxygen atoms in total. The lowest BCUT2D eigenvalue weighted by molar-refractivity contribution is 0.0936. The molecule has 0 aliphatic heterocycles. The van der Waals surface area contributed by atoms with Crippen LogP contribution < -0.4 is 11.1 Å². The fourth-order valence-corrected chi connectivity index (χ4v) is 2.22. The Bertz CT molecular complexity index is 643. The summed E-state index contributed by atoms with van der Waals surface area (Å²) in [5.41, 5.74) is 7.03. The fourth-order valence-electron chi connectivity index (χ4n) is 2.09. The van der Waals surface area contributed by atoms with E-state index in [0.717, 1.165) is 11.6 Å². The first kappa shape index (κ1) is 15.3. The first-order chi connectivity index (χ1) is 10.0. The number of nitrogen functional groups attached to an aromatic ring is 1. The van der Waals surface area contributed by atoms with E-state index in [4.69, 9.17) is 17.3 Å². The van der Waals surface area contributed by atoms with E-state index in [2.05, 4.69) is 5.32 Å². The largest absolute Gasteiger partial charge is 0.398 e. The standard InChI is InChI=1S/C16H16ClFN2O/c1-2-15(10-3-5-11(17)6-4-10)20-16(21)13-8-7-12(18)9-14(13)19/h3-9,15H,2,19H2,1H3,(H,20,21). The Morgan fingerprint density at radius 1 is 1.29 bits per heavy atom. The molecule has 2 rings (SSSR count). The highest BCUT2D eigenvalue weighted by atomic mass is 35.5. The van der Waals surface area contributed by atoms with Crippen LogP contribution in [-0.2, 0) is 0 Å². The van der Waals surface area contributed by atoms with E-state index in [9.17, 15) is 9.18 Å². The van der Waals surface area contributed by atoms with Crippen molar-refractivity contribution in [2.45, 2.75) is 19.4 Å². The van der Waals surface area contributed by atoms with Gasteiger partial charge in [0, 0.05) is 10.7 Å². The highest BCUT2D eigenvalue weighted by Crippen LogP contribution is 2.21. The Balaban J connectivity index is 2.18. The topological polar surface area (TPSA) is 55.1 Å². The number of halogens is 2. The number of carbonyl (C=O) groups excluding carboxylic acids is 1. The zero-order chi connectivity index (χ0) is 15.4.